The third-order valence-corrected chi connectivity index (χ3v) is 8.40. The lowest BCUT2D eigenvalue weighted by molar-refractivity contribution is -0.134. The molecule has 1 unspecified atom stereocenters. The number of nitrogens with one attached hydrogen (secondary N) is 1. The molecule has 0 bridgehead atoms. The monoisotopic (exact) mass is 519 g/mol. The van der Waals surface area contributed by atoms with E-state index in [1.165, 1.54) is 56.5 Å². The molecule has 2 aromatic carbocycles. The van der Waals surface area contributed by atoms with Gasteiger partial charge in [0.1, 0.15) is 5.76 Å². The Labute approximate surface area is 227 Å². The van der Waals surface area contributed by atoms with Gasteiger partial charge in [0.2, 0.25) is 0 Å². The standard InChI is InChI=1S/C28H27NO2.C5H6N2O/c1-28(14-13-26-25(16-28)29(2)27(30)17-31-26)24-15-23-19-8-4-3-7-18(19)11-12-21(23)20-9-5-6-10-22(20)24;1-4-2-5(8)7-6-3-4/h5-7,9-14H,3-4,8,15-17H2,1-2H3;2-3H,1H3,(H,7,8). The molecule has 39 heavy (non-hydrogen) atoms. The van der Waals surface area contributed by atoms with Crippen molar-refractivity contribution in [1.29, 1.82) is 0 Å². The number of ether oxygens (including phenoxy) is 1. The van der Waals surface area contributed by atoms with Gasteiger partial charge in [-0.25, -0.2) is 5.10 Å². The molecule has 1 N–H and O–H groups in total. The summed E-state index contributed by atoms with van der Waals surface area (Å²) >= 11 is 0. The van der Waals surface area contributed by atoms with Gasteiger partial charge < -0.3 is 9.64 Å². The van der Waals surface area contributed by atoms with E-state index in [4.69, 9.17) is 4.74 Å². The van der Waals surface area contributed by atoms with Crippen molar-refractivity contribution in [2.24, 2.45) is 5.41 Å². The van der Waals surface area contributed by atoms with Crippen molar-refractivity contribution in [3.63, 3.8) is 0 Å². The molecule has 3 aliphatic carbocycles. The number of benzene rings is 2. The van der Waals surface area contributed by atoms with Gasteiger partial charge in [0.25, 0.3) is 11.5 Å². The molecule has 1 aromatic heterocycles. The Kier molecular flexibility index (Phi) is 6.34. The largest absolute Gasteiger partial charge is 0.482 e. The molecule has 0 spiro atoms. The highest BCUT2D eigenvalue weighted by Crippen LogP contribution is 2.44. The maximum absolute atomic E-state index is 12.3. The summed E-state index contributed by atoms with van der Waals surface area (Å²) in [5, 5.41) is 11.3. The summed E-state index contributed by atoms with van der Waals surface area (Å²) in [4.78, 5) is 24.5. The highest BCUT2D eigenvalue weighted by molar-refractivity contribution is 5.81. The minimum Gasteiger partial charge on any atom is -0.482 e. The number of rotatable bonds is 1. The van der Waals surface area contributed by atoms with E-state index >= 15 is 0 Å². The van der Waals surface area contributed by atoms with E-state index in [0.717, 1.165) is 36.3 Å². The number of aryl methyl sites for hydroxylation is 1. The summed E-state index contributed by atoms with van der Waals surface area (Å²) in [6.45, 7) is 4.27. The Hall–Kier alpha value is -4.19. The number of hydrogen-bond acceptors (Lipinski definition) is 4. The molecule has 0 radical (unpaired) electrons. The Balaban J connectivity index is 0.000000299. The van der Waals surface area contributed by atoms with E-state index in [9.17, 15) is 9.59 Å². The van der Waals surface area contributed by atoms with E-state index in [0.29, 0.717) is 0 Å². The molecule has 0 saturated heterocycles. The smallest absolute Gasteiger partial charge is 0.264 e. The summed E-state index contributed by atoms with van der Waals surface area (Å²) in [5.41, 5.74) is 6.06. The first-order chi connectivity index (χ1) is 18.8. The third-order valence-electron chi connectivity index (χ3n) is 8.40. The van der Waals surface area contributed by atoms with E-state index in [-0.39, 0.29) is 23.5 Å². The quantitative estimate of drug-likeness (QED) is 0.534. The van der Waals surface area contributed by atoms with Gasteiger partial charge in [0.15, 0.2) is 6.61 Å². The Morgan fingerprint density at radius 1 is 1.05 bits per heavy atom. The summed E-state index contributed by atoms with van der Waals surface area (Å²) in [5.74, 6) is 0.872. The average Bonchev–Trinajstić information content (AvgIpc) is 2.95. The molecule has 1 amide bonds. The van der Waals surface area contributed by atoms with Crippen LogP contribution in [0.5, 0.6) is 0 Å². The second-order valence-corrected chi connectivity index (χ2v) is 11.1. The molecule has 3 aromatic rings. The number of aromatic amines is 1. The molecular weight excluding hydrogens is 486 g/mol. The number of hydrogen-bond donors (Lipinski definition) is 1. The van der Waals surface area contributed by atoms with Crippen molar-refractivity contribution in [3.05, 3.63) is 120 Å². The Morgan fingerprint density at radius 3 is 2.64 bits per heavy atom. The molecule has 4 aliphatic rings. The van der Waals surface area contributed by atoms with Gasteiger partial charge in [-0.2, -0.15) is 5.10 Å². The van der Waals surface area contributed by atoms with E-state index in [1.807, 2.05) is 14.0 Å². The molecule has 0 fully saturated rings. The molecule has 2 heterocycles. The lowest BCUT2D eigenvalue weighted by Gasteiger charge is -2.39. The minimum atomic E-state index is -0.164. The number of aromatic nitrogens is 2. The van der Waals surface area contributed by atoms with Crippen LogP contribution in [0.1, 0.15) is 42.9 Å². The van der Waals surface area contributed by atoms with Gasteiger partial charge in [0.05, 0.1) is 11.9 Å². The lowest BCUT2D eigenvalue weighted by atomic mass is 9.70. The number of H-pyrrole nitrogens is 1. The van der Waals surface area contributed by atoms with E-state index in [2.05, 4.69) is 71.7 Å². The van der Waals surface area contributed by atoms with Crippen LogP contribution in [-0.2, 0) is 22.4 Å². The predicted octanol–water partition coefficient (Wildman–Crippen LogP) is 3.54. The molecule has 7 rings (SSSR count). The highest BCUT2D eigenvalue weighted by Gasteiger charge is 2.37. The second-order valence-electron chi connectivity index (χ2n) is 11.1. The van der Waals surface area contributed by atoms with Crippen molar-refractivity contribution >= 4 is 17.6 Å². The summed E-state index contributed by atoms with van der Waals surface area (Å²) < 4.78 is 5.73. The second kappa shape index (κ2) is 9.84. The topological polar surface area (TPSA) is 75.3 Å². The SMILES string of the molecule is CN1C(=O)COC2=C1CC(C)(C1=c3ccccc3=c3ccc4c(c3C1)CCCC=4)C=C2.Cc1cn[nH]c(=O)c1. The molecule has 1 aliphatic heterocycles. The number of nitrogens with zero attached hydrogens (tertiary/aromatic N) is 2. The minimum absolute atomic E-state index is 0.0281. The molecule has 6 nitrogen and oxygen atoms in total. The van der Waals surface area contributed by atoms with Crippen molar-refractivity contribution in [1.82, 2.24) is 15.1 Å². The van der Waals surface area contributed by atoms with Gasteiger partial charge in [-0.05, 0) is 81.8 Å². The number of carbonyl (C=O) groups excluding carboxylic acids is 1. The van der Waals surface area contributed by atoms with Gasteiger partial charge in [-0.1, -0.05) is 55.5 Å². The fourth-order valence-corrected chi connectivity index (χ4v) is 6.28. The molecule has 1 atom stereocenters. The molecule has 0 saturated carbocycles. The van der Waals surface area contributed by atoms with Crippen LogP contribution >= 0.6 is 0 Å². The first-order valence-electron chi connectivity index (χ1n) is 13.6. The van der Waals surface area contributed by atoms with Gasteiger partial charge >= 0.3 is 0 Å². The van der Waals surface area contributed by atoms with Crippen LogP contribution in [0.25, 0.3) is 11.6 Å². The van der Waals surface area contributed by atoms with Crippen molar-refractivity contribution in [3.8, 4) is 0 Å². The predicted molar refractivity (Wildman–Crippen MR) is 152 cm³/mol. The number of carbonyl (C=O) groups is 1. The number of allylic oxidation sites excluding steroid dienone is 3. The van der Waals surface area contributed by atoms with Crippen LogP contribution in [0.4, 0.5) is 0 Å². The average molecular weight is 520 g/mol. The number of amides is 1. The summed E-state index contributed by atoms with van der Waals surface area (Å²) in [6.07, 6.45) is 13.7. The fraction of sp³-hybridized carbons (Fsp3) is 0.303. The van der Waals surface area contributed by atoms with Gasteiger partial charge in [-0.3, -0.25) is 9.59 Å². The van der Waals surface area contributed by atoms with Crippen LogP contribution in [0.3, 0.4) is 0 Å². The van der Waals surface area contributed by atoms with E-state index < -0.39 is 0 Å². The number of likely N-dealkylation sites (N-methyl/N-ethyl adjacent to an activating group) is 1. The summed E-state index contributed by atoms with van der Waals surface area (Å²) in [7, 11) is 1.88. The lowest BCUT2D eigenvalue weighted by Crippen LogP contribution is -2.39. The molecular formula is C33H33N3O3. The first kappa shape index (κ1) is 25.1. The van der Waals surface area contributed by atoms with Gasteiger partial charge in [0, 0.05) is 24.9 Å². The maximum atomic E-state index is 12.3. The zero-order chi connectivity index (χ0) is 27.1. The van der Waals surface area contributed by atoms with Gasteiger partial charge in [-0.15, -0.1) is 0 Å². The normalized spacial score (nSPS) is 20.9. The van der Waals surface area contributed by atoms with Crippen LogP contribution < -0.4 is 16.0 Å². The van der Waals surface area contributed by atoms with E-state index in [1.54, 1.807) is 11.1 Å². The van der Waals surface area contributed by atoms with Crippen molar-refractivity contribution < 1.29 is 9.53 Å². The molecule has 198 valence electrons. The summed E-state index contributed by atoms with van der Waals surface area (Å²) in [6, 6.07) is 15.0. The maximum Gasteiger partial charge on any atom is 0.264 e. The fourth-order valence-electron chi connectivity index (χ4n) is 6.28. The third kappa shape index (κ3) is 4.54. The van der Waals surface area contributed by atoms with Crippen molar-refractivity contribution in [2.75, 3.05) is 13.7 Å². The van der Waals surface area contributed by atoms with Crippen LogP contribution in [0, 0.1) is 22.8 Å². The van der Waals surface area contributed by atoms with Crippen LogP contribution in [-0.4, -0.2) is 34.7 Å². The Bertz CT molecular complexity index is 1830. The number of fused-ring (bicyclic) bond motifs is 4. The van der Waals surface area contributed by atoms with Crippen LogP contribution in [0.15, 0.2) is 77.1 Å². The van der Waals surface area contributed by atoms with Crippen molar-refractivity contribution in [2.45, 2.75) is 46.0 Å². The van der Waals surface area contributed by atoms with Crippen LogP contribution in [0.2, 0.25) is 0 Å². The first-order valence-corrected chi connectivity index (χ1v) is 13.6. The zero-order valence-corrected chi connectivity index (χ0v) is 22.7. The highest BCUT2D eigenvalue weighted by atomic mass is 16.5. The Morgan fingerprint density at radius 2 is 1.87 bits per heavy atom. The zero-order valence-electron chi connectivity index (χ0n) is 22.7. The molecule has 6 heteroatoms.